The van der Waals surface area contributed by atoms with Gasteiger partial charge in [-0.25, -0.2) is 9.97 Å². The number of carbonyl (C=O) groups excluding carboxylic acids is 1. The average molecular weight is 338 g/mol. The summed E-state index contributed by atoms with van der Waals surface area (Å²) in [6.07, 6.45) is 4.17. The van der Waals surface area contributed by atoms with Crippen LogP contribution in [0.5, 0.6) is 0 Å². The summed E-state index contributed by atoms with van der Waals surface area (Å²) in [5.41, 5.74) is 2.48. The third kappa shape index (κ3) is 4.18. The number of anilines is 1. The van der Waals surface area contributed by atoms with Crippen molar-refractivity contribution in [2.75, 3.05) is 5.32 Å². The van der Waals surface area contributed by atoms with E-state index < -0.39 is 0 Å². The molecule has 1 amide bonds. The molecule has 0 fully saturated rings. The smallest absolute Gasteiger partial charge is 0.224 e. The van der Waals surface area contributed by atoms with Gasteiger partial charge in [0.05, 0.1) is 18.1 Å². The van der Waals surface area contributed by atoms with E-state index in [1.807, 2.05) is 54.6 Å². The molecule has 0 spiro atoms. The first kappa shape index (κ1) is 16.1. The number of aromatic nitrogens is 2. The van der Waals surface area contributed by atoms with Crippen molar-refractivity contribution >= 4 is 23.2 Å². The zero-order valence-electron chi connectivity index (χ0n) is 12.9. The number of rotatable bonds is 5. The Kier molecular flexibility index (Phi) is 5.18. The SMILES string of the molecule is O=C(CCc1ccccc1Cl)Nc1cnc(-c2ccccc2)nc1. The first-order valence-electron chi connectivity index (χ1n) is 7.63. The van der Waals surface area contributed by atoms with E-state index in [9.17, 15) is 4.79 Å². The standard InChI is InChI=1S/C19H16ClN3O/c20-17-9-5-4-6-14(17)10-11-18(24)23-16-12-21-19(22-13-16)15-7-2-1-3-8-15/h1-9,12-13H,10-11H2,(H,23,24). The number of carbonyl (C=O) groups is 1. The fourth-order valence-electron chi connectivity index (χ4n) is 2.30. The summed E-state index contributed by atoms with van der Waals surface area (Å²) in [4.78, 5) is 20.6. The van der Waals surface area contributed by atoms with E-state index in [1.54, 1.807) is 12.4 Å². The van der Waals surface area contributed by atoms with Crippen LogP contribution in [0.1, 0.15) is 12.0 Å². The third-order valence-corrected chi connectivity index (χ3v) is 3.92. The molecule has 2 aromatic carbocycles. The molecule has 120 valence electrons. The zero-order chi connectivity index (χ0) is 16.8. The molecule has 0 aliphatic rings. The van der Waals surface area contributed by atoms with Crippen LogP contribution < -0.4 is 5.32 Å². The summed E-state index contributed by atoms with van der Waals surface area (Å²) >= 11 is 6.09. The van der Waals surface area contributed by atoms with Crippen molar-refractivity contribution in [3.63, 3.8) is 0 Å². The van der Waals surface area contributed by atoms with Crippen LogP contribution in [0.25, 0.3) is 11.4 Å². The van der Waals surface area contributed by atoms with Gasteiger partial charge < -0.3 is 5.32 Å². The average Bonchev–Trinajstić information content (AvgIpc) is 2.62. The first-order chi connectivity index (χ1) is 11.7. The lowest BCUT2D eigenvalue weighted by Crippen LogP contribution is -2.13. The van der Waals surface area contributed by atoms with E-state index in [1.165, 1.54) is 0 Å². The molecule has 0 aliphatic heterocycles. The van der Waals surface area contributed by atoms with Crippen molar-refractivity contribution in [1.29, 1.82) is 0 Å². The van der Waals surface area contributed by atoms with Gasteiger partial charge in [0.25, 0.3) is 0 Å². The van der Waals surface area contributed by atoms with Crippen molar-refractivity contribution in [2.24, 2.45) is 0 Å². The normalized spacial score (nSPS) is 10.4. The van der Waals surface area contributed by atoms with Gasteiger partial charge >= 0.3 is 0 Å². The highest BCUT2D eigenvalue weighted by molar-refractivity contribution is 6.31. The van der Waals surface area contributed by atoms with Gasteiger partial charge in [0.2, 0.25) is 5.91 Å². The molecule has 4 nitrogen and oxygen atoms in total. The van der Waals surface area contributed by atoms with Crippen molar-refractivity contribution in [2.45, 2.75) is 12.8 Å². The molecule has 24 heavy (non-hydrogen) atoms. The predicted octanol–water partition coefficient (Wildman–Crippen LogP) is 4.37. The van der Waals surface area contributed by atoms with Crippen LogP contribution in [-0.2, 0) is 11.2 Å². The molecule has 0 unspecified atom stereocenters. The minimum absolute atomic E-state index is 0.0917. The number of benzene rings is 2. The summed E-state index contributed by atoms with van der Waals surface area (Å²) in [7, 11) is 0. The number of nitrogens with one attached hydrogen (secondary N) is 1. The van der Waals surface area contributed by atoms with Crippen LogP contribution in [-0.4, -0.2) is 15.9 Å². The quantitative estimate of drug-likeness (QED) is 0.752. The highest BCUT2D eigenvalue weighted by Crippen LogP contribution is 2.17. The Morgan fingerprint density at radius 1 is 0.958 bits per heavy atom. The molecule has 0 saturated carbocycles. The Bertz CT molecular complexity index is 820. The summed E-state index contributed by atoms with van der Waals surface area (Å²) in [5.74, 6) is 0.538. The lowest BCUT2D eigenvalue weighted by Gasteiger charge is -2.06. The summed E-state index contributed by atoms with van der Waals surface area (Å²) in [6.45, 7) is 0. The van der Waals surface area contributed by atoms with Crippen molar-refractivity contribution in [1.82, 2.24) is 9.97 Å². The molecule has 0 bridgehead atoms. The molecule has 0 radical (unpaired) electrons. The van der Waals surface area contributed by atoms with Crippen LogP contribution in [0.3, 0.4) is 0 Å². The maximum absolute atomic E-state index is 12.0. The predicted molar refractivity (Wildman–Crippen MR) is 95.9 cm³/mol. The highest BCUT2D eigenvalue weighted by atomic mass is 35.5. The van der Waals surface area contributed by atoms with Crippen LogP contribution in [0.4, 0.5) is 5.69 Å². The molecule has 5 heteroatoms. The maximum Gasteiger partial charge on any atom is 0.224 e. The second-order valence-corrected chi connectivity index (χ2v) is 5.71. The lowest BCUT2D eigenvalue weighted by molar-refractivity contribution is -0.116. The molecule has 1 aromatic heterocycles. The molecule has 3 aromatic rings. The summed E-state index contributed by atoms with van der Waals surface area (Å²) in [6, 6.07) is 17.2. The Balaban J connectivity index is 1.58. The van der Waals surface area contributed by atoms with E-state index in [4.69, 9.17) is 11.6 Å². The third-order valence-electron chi connectivity index (χ3n) is 3.55. The van der Waals surface area contributed by atoms with E-state index in [0.29, 0.717) is 29.4 Å². The number of halogens is 1. The van der Waals surface area contributed by atoms with Gasteiger partial charge in [-0.1, -0.05) is 60.1 Å². The van der Waals surface area contributed by atoms with E-state index in [0.717, 1.165) is 11.1 Å². The van der Waals surface area contributed by atoms with Crippen LogP contribution in [0, 0.1) is 0 Å². The van der Waals surface area contributed by atoms with Crippen LogP contribution in [0.2, 0.25) is 5.02 Å². The zero-order valence-corrected chi connectivity index (χ0v) is 13.7. The van der Waals surface area contributed by atoms with Gasteiger partial charge in [0.15, 0.2) is 5.82 Å². The van der Waals surface area contributed by atoms with Gasteiger partial charge in [-0.05, 0) is 18.1 Å². The highest BCUT2D eigenvalue weighted by Gasteiger charge is 2.07. The molecule has 3 rings (SSSR count). The minimum atomic E-state index is -0.0917. The summed E-state index contributed by atoms with van der Waals surface area (Å²) < 4.78 is 0. The second-order valence-electron chi connectivity index (χ2n) is 5.30. The Morgan fingerprint density at radius 3 is 2.33 bits per heavy atom. The molecule has 1 heterocycles. The lowest BCUT2D eigenvalue weighted by atomic mass is 10.1. The number of amides is 1. The Morgan fingerprint density at radius 2 is 1.62 bits per heavy atom. The molecular formula is C19H16ClN3O. The Hall–Kier alpha value is -2.72. The largest absolute Gasteiger partial charge is 0.323 e. The maximum atomic E-state index is 12.0. The minimum Gasteiger partial charge on any atom is -0.323 e. The fourth-order valence-corrected chi connectivity index (χ4v) is 2.53. The summed E-state index contributed by atoms with van der Waals surface area (Å²) in [5, 5.41) is 3.48. The van der Waals surface area contributed by atoms with Gasteiger partial charge in [-0.15, -0.1) is 0 Å². The molecular weight excluding hydrogens is 322 g/mol. The fraction of sp³-hybridized carbons (Fsp3) is 0.105. The first-order valence-corrected chi connectivity index (χ1v) is 8.01. The van der Waals surface area contributed by atoms with Gasteiger partial charge in [-0.3, -0.25) is 4.79 Å². The number of nitrogens with zero attached hydrogens (tertiary/aromatic N) is 2. The van der Waals surface area contributed by atoms with Crippen molar-refractivity contribution in [3.8, 4) is 11.4 Å². The van der Waals surface area contributed by atoms with Gasteiger partial charge in [0.1, 0.15) is 0 Å². The van der Waals surface area contributed by atoms with Crippen molar-refractivity contribution < 1.29 is 4.79 Å². The van der Waals surface area contributed by atoms with Gasteiger partial charge in [0, 0.05) is 17.0 Å². The van der Waals surface area contributed by atoms with E-state index in [-0.39, 0.29) is 5.91 Å². The second kappa shape index (κ2) is 7.70. The van der Waals surface area contributed by atoms with Gasteiger partial charge in [-0.2, -0.15) is 0 Å². The van der Waals surface area contributed by atoms with Crippen LogP contribution >= 0.6 is 11.6 Å². The Labute approximate surface area is 145 Å². The molecule has 0 atom stereocenters. The van der Waals surface area contributed by atoms with Crippen molar-refractivity contribution in [3.05, 3.63) is 77.6 Å². The molecule has 1 N–H and O–H groups in total. The number of hydrogen-bond donors (Lipinski definition) is 1. The monoisotopic (exact) mass is 337 g/mol. The number of hydrogen-bond acceptors (Lipinski definition) is 3. The molecule has 0 saturated heterocycles. The topological polar surface area (TPSA) is 54.9 Å². The van der Waals surface area contributed by atoms with E-state index in [2.05, 4.69) is 15.3 Å². The number of aryl methyl sites for hydroxylation is 1. The van der Waals surface area contributed by atoms with Crippen LogP contribution in [0.15, 0.2) is 67.0 Å². The molecule has 0 aliphatic carbocycles. The van der Waals surface area contributed by atoms with E-state index >= 15 is 0 Å².